The molecule has 1 rings (SSSR count). The number of aliphatic hydroxyl groups excluding tert-OH is 1. The molecule has 0 unspecified atom stereocenters. The maximum absolute atomic E-state index is 11.5. The molecule has 0 spiro atoms. The molecule has 1 aromatic carbocycles. The third-order valence-electron chi connectivity index (χ3n) is 1.96. The maximum Gasteiger partial charge on any atom is 0.188 e. The highest BCUT2D eigenvalue weighted by Gasteiger charge is 2.08. The SMILES string of the molecule is COCC(=O)c1ccc(OCCO)c(N)c1. The van der Waals surface area contributed by atoms with Gasteiger partial charge in [0.2, 0.25) is 0 Å². The summed E-state index contributed by atoms with van der Waals surface area (Å²) >= 11 is 0. The number of Topliss-reactive ketones (excluding diaryl/α,β-unsaturated/α-hetero) is 1. The number of hydrogen-bond acceptors (Lipinski definition) is 5. The molecule has 0 atom stereocenters. The monoisotopic (exact) mass is 225 g/mol. The van der Waals surface area contributed by atoms with E-state index in [1.54, 1.807) is 12.1 Å². The molecule has 0 bridgehead atoms. The largest absolute Gasteiger partial charge is 0.489 e. The smallest absolute Gasteiger partial charge is 0.188 e. The number of nitrogens with two attached hydrogens (primary N) is 1. The van der Waals surface area contributed by atoms with Gasteiger partial charge in [0, 0.05) is 12.7 Å². The molecule has 0 aliphatic rings. The van der Waals surface area contributed by atoms with Gasteiger partial charge in [-0.05, 0) is 18.2 Å². The molecular formula is C11H15NO4. The molecular weight excluding hydrogens is 210 g/mol. The minimum absolute atomic E-state index is 0.0241. The van der Waals surface area contributed by atoms with Crippen LogP contribution in [0.1, 0.15) is 10.4 Å². The molecule has 0 heterocycles. The molecule has 5 heteroatoms. The van der Waals surface area contributed by atoms with Gasteiger partial charge in [-0.2, -0.15) is 0 Å². The summed E-state index contributed by atoms with van der Waals surface area (Å²) in [6.07, 6.45) is 0. The lowest BCUT2D eigenvalue weighted by atomic mass is 10.1. The molecule has 0 saturated carbocycles. The standard InChI is InChI=1S/C11H15NO4/c1-15-7-10(14)8-2-3-11(9(12)6-8)16-5-4-13/h2-3,6,13H,4-5,7,12H2,1H3. The molecule has 88 valence electrons. The van der Waals surface area contributed by atoms with Crippen molar-refractivity contribution in [3.8, 4) is 5.75 Å². The number of anilines is 1. The zero-order valence-corrected chi connectivity index (χ0v) is 9.10. The Hall–Kier alpha value is -1.59. The van der Waals surface area contributed by atoms with Crippen molar-refractivity contribution in [2.24, 2.45) is 0 Å². The second kappa shape index (κ2) is 6.09. The summed E-state index contributed by atoms with van der Waals surface area (Å²) in [6, 6.07) is 4.76. The van der Waals surface area contributed by atoms with Crippen LogP contribution in [0.25, 0.3) is 0 Å². The van der Waals surface area contributed by atoms with Gasteiger partial charge in [0.15, 0.2) is 5.78 Å². The highest BCUT2D eigenvalue weighted by molar-refractivity contribution is 5.98. The van der Waals surface area contributed by atoms with Crippen molar-refractivity contribution in [1.82, 2.24) is 0 Å². The van der Waals surface area contributed by atoms with Crippen LogP contribution in [-0.4, -0.2) is 37.8 Å². The number of rotatable bonds is 6. The summed E-state index contributed by atoms with van der Waals surface area (Å²) in [7, 11) is 1.46. The van der Waals surface area contributed by atoms with Gasteiger partial charge in [-0.1, -0.05) is 0 Å². The second-order valence-electron chi connectivity index (χ2n) is 3.18. The van der Waals surface area contributed by atoms with Crippen molar-refractivity contribution in [2.75, 3.05) is 32.7 Å². The number of benzene rings is 1. The molecule has 3 N–H and O–H groups in total. The van der Waals surface area contributed by atoms with Gasteiger partial charge in [-0.15, -0.1) is 0 Å². The maximum atomic E-state index is 11.5. The van der Waals surface area contributed by atoms with Crippen LogP contribution in [-0.2, 0) is 4.74 Å². The normalized spacial score (nSPS) is 10.1. The summed E-state index contributed by atoms with van der Waals surface area (Å²) in [5.74, 6) is 0.325. The van der Waals surface area contributed by atoms with E-state index in [-0.39, 0.29) is 25.6 Å². The zero-order valence-electron chi connectivity index (χ0n) is 9.10. The topological polar surface area (TPSA) is 81.8 Å². The lowest BCUT2D eigenvalue weighted by Gasteiger charge is -2.08. The van der Waals surface area contributed by atoms with E-state index in [1.807, 2.05) is 0 Å². The number of nitrogen functional groups attached to an aromatic ring is 1. The van der Waals surface area contributed by atoms with Crippen molar-refractivity contribution in [3.63, 3.8) is 0 Å². The highest BCUT2D eigenvalue weighted by Crippen LogP contribution is 2.22. The molecule has 0 amide bonds. The number of aliphatic hydroxyl groups is 1. The molecule has 0 radical (unpaired) electrons. The fourth-order valence-electron chi connectivity index (χ4n) is 1.22. The van der Waals surface area contributed by atoms with Crippen LogP contribution in [0.4, 0.5) is 5.69 Å². The third kappa shape index (κ3) is 3.22. The van der Waals surface area contributed by atoms with E-state index in [9.17, 15) is 4.79 Å². The molecule has 0 aliphatic heterocycles. The van der Waals surface area contributed by atoms with Gasteiger partial charge >= 0.3 is 0 Å². The fourth-order valence-corrected chi connectivity index (χ4v) is 1.22. The minimum atomic E-state index is -0.136. The van der Waals surface area contributed by atoms with Crippen LogP contribution in [0.15, 0.2) is 18.2 Å². The summed E-state index contributed by atoms with van der Waals surface area (Å²) in [6.45, 7) is 0.121. The Kier molecular flexibility index (Phi) is 4.75. The number of ether oxygens (including phenoxy) is 2. The Morgan fingerprint density at radius 3 is 2.81 bits per heavy atom. The van der Waals surface area contributed by atoms with Crippen molar-refractivity contribution in [1.29, 1.82) is 0 Å². The highest BCUT2D eigenvalue weighted by atomic mass is 16.5. The van der Waals surface area contributed by atoms with E-state index in [1.165, 1.54) is 13.2 Å². The quantitative estimate of drug-likeness (QED) is 0.543. The van der Waals surface area contributed by atoms with Crippen molar-refractivity contribution < 1.29 is 19.4 Å². The fraction of sp³-hybridized carbons (Fsp3) is 0.364. The molecule has 0 aromatic heterocycles. The minimum Gasteiger partial charge on any atom is -0.489 e. The number of methoxy groups -OCH3 is 1. The van der Waals surface area contributed by atoms with E-state index < -0.39 is 0 Å². The molecule has 0 saturated heterocycles. The number of carbonyl (C=O) groups is 1. The van der Waals surface area contributed by atoms with Gasteiger partial charge < -0.3 is 20.3 Å². The number of hydrogen-bond donors (Lipinski definition) is 2. The van der Waals surface area contributed by atoms with Crippen LogP contribution < -0.4 is 10.5 Å². The Labute approximate surface area is 93.8 Å². The van der Waals surface area contributed by atoms with E-state index in [2.05, 4.69) is 0 Å². The predicted molar refractivity (Wildman–Crippen MR) is 59.6 cm³/mol. The Morgan fingerprint density at radius 1 is 1.50 bits per heavy atom. The lowest BCUT2D eigenvalue weighted by Crippen LogP contribution is -2.09. The van der Waals surface area contributed by atoms with Gasteiger partial charge in [0.25, 0.3) is 0 Å². The van der Waals surface area contributed by atoms with E-state index in [4.69, 9.17) is 20.3 Å². The van der Waals surface area contributed by atoms with Crippen LogP contribution >= 0.6 is 0 Å². The zero-order chi connectivity index (χ0) is 12.0. The van der Waals surface area contributed by atoms with Crippen LogP contribution in [0.3, 0.4) is 0 Å². The lowest BCUT2D eigenvalue weighted by molar-refractivity contribution is 0.0848. The van der Waals surface area contributed by atoms with E-state index >= 15 is 0 Å². The Morgan fingerprint density at radius 2 is 2.25 bits per heavy atom. The first-order valence-electron chi connectivity index (χ1n) is 4.84. The second-order valence-corrected chi connectivity index (χ2v) is 3.18. The summed E-state index contributed by atoms with van der Waals surface area (Å²) in [5, 5.41) is 8.59. The van der Waals surface area contributed by atoms with Crippen molar-refractivity contribution >= 4 is 11.5 Å². The van der Waals surface area contributed by atoms with E-state index in [0.29, 0.717) is 17.0 Å². The molecule has 0 aliphatic carbocycles. The molecule has 5 nitrogen and oxygen atoms in total. The van der Waals surface area contributed by atoms with Gasteiger partial charge in [-0.25, -0.2) is 0 Å². The first kappa shape index (κ1) is 12.5. The predicted octanol–water partition coefficient (Wildman–Crippen LogP) is 0.469. The van der Waals surface area contributed by atoms with Crippen LogP contribution in [0.2, 0.25) is 0 Å². The third-order valence-corrected chi connectivity index (χ3v) is 1.96. The number of carbonyl (C=O) groups excluding carboxylic acids is 1. The summed E-state index contributed by atoms with van der Waals surface area (Å²) < 4.78 is 9.90. The summed E-state index contributed by atoms with van der Waals surface area (Å²) in [4.78, 5) is 11.5. The van der Waals surface area contributed by atoms with Crippen LogP contribution in [0.5, 0.6) is 5.75 Å². The van der Waals surface area contributed by atoms with E-state index in [0.717, 1.165) is 0 Å². The summed E-state index contributed by atoms with van der Waals surface area (Å²) in [5.41, 5.74) is 6.55. The Bertz CT molecular complexity index is 365. The first-order chi connectivity index (χ1) is 7.69. The molecule has 1 aromatic rings. The molecule has 16 heavy (non-hydrogen) atoms. The van der Waals surface area contributed by atoms with Crippen LogP contribution in [0, 0.1) is 0 Å². The number of ketones is 1. The Balaban J connectivity index is 2.78. The van der Waals surface area contributed by atoms with Crippen molar-refractivity contribution in [2.45, 2.75) is 0 Å². The van der Waals surface area contributed by atoms with Gasteiger partial charge in [0.1, 0.15) is 19.0 Å². The average molecular weight is 225 g/mol. The van der Waals surface area contributed by atoms with Gasteiger partial charge in [-0.3, -0.25) is 4.79 Å². The first-order valence-corrected chi connectivity index (χ1v) is 4.84. The average Bonchev–Trinajstić information content (AvgIpc) is 2.27. The van der Waals surface area contributed by atoms with Crippen molar-refractivity contribution in [3.05, 3.63) is 23.8 Å². The molecule has 0 fully saturated rings. The van der Waals surface area contributed by atoms with Gasteiger partial charge in [0.05, 0.1) is 12.3 Å².